The van der Waals surface area contributed by atoms with E-state index in [-0.39, 0.29) is 0 Å². The van der Waals surface area contributed by atoms with Gasteiger partial charge in [-0.2, -0.15) is 11.8 Å². The Bertz CT molecular complexity index is 74.0. The van der Waals surface area contributed by atoms with Gasteiger partial charge in [0.1, 0.15) is 0 Å². The first-order valence-corrected chi connectivity index (χ1v) is 7.02. The Morgan fingerprint density at radius 3 is 2.27 bits per heavy atom. The fraction of sp³-hybridized carbons (Fsp3) is 1.00. The molecular formula is C9H19IS. The summed E-state index contributed by atoms with van der Waals surface area (Å²) in [7, 11) is 0. The normalized spacial score (nSPS) is 10.9. The van der Waals surface area contributed by atoms with Crippen LogP contribution >= 0.6 is 34.4 Å². The van der Waals surface area contributed by atoms with Crippen LogP contribution in [-0.4, -0.2) is 15.4 Å². The molecule has 0 nitrogen and oxygen atoms in total. The maximum Gasteiger partial charge on any atom is -0.000473 e. The second kappa shape index (κ2) is 9.17. The number of hydrogen-bond donors (Lipinski definition) is 0. The monoisotopic (exact) mass is 286 g/mol. The molecule has 0 bridgehead atoms. The van der Waals surface area contributed by atoms with Crippen LogP contribution in [0.2, 0.25) is 0 Å². The van der Waals surface area contributed by atoms with E-state index in [9.17, 15) is 0 Å². The van der Waals surface area contributed by atoms with Crippen LogP contribution in [0.1, 0.15) is 39.5 Å². The van der Waals surface area contributed by atoms with E-state index in [1.165, 1.54) is 35.9 Å². The lowest BCUT2D eigenvalue weighted by atomic mass is 10.2. The summed E-state index contributed by atoms with van der Waals surface area (Å²) in [6.45, 7) is 4.55. The summed E-state index contributed by atoms with van der Waals surface area (Å²) in [5.41, 5.74) is 0. The summed E-state index contributed by atoms with van der Waals surface area (Å²) in [5, 5.41) is 0.819. The smallest absolute Gasteiger partial charge is 0.000473 e. The van der Waals surface area contributed by atoms with Gasteiger partial charge >= 0.3 is 0 Å². The molecule has 0 aromatic carbocycles. The van der Waals surface area contributed by atoms with Gasteiger partial charge in [-0.15, -0.1) is 0 Å². The van der Waals surface area contributed by atoms with Crippen molar-refractivity contribution in [2.45, 2.75) is 44.8 Å². The molecule has 0 unspecified atom stereocenters. The van der Waals surface area contributed by atoms with Gasteiger partial charge in [0, 0.05) is 0 Å². The van der Waals surface area contributed by atoms with Crippen molar-refractivity contribution in [2.75, 3.05) is 10.2 Å². The van der Waals surface area contributed by atoms with E-state index in [0.717, 1.165) is 5.25 Å². The van der Waals surface area contributed by atoms with Crippen molar-refractivity contribution in [3.05, 3.63) is 0 Å². The molecule has 11 heavy (non-hydrogen) atoms. The van der Waals surface area contributed by atoms with Crippen LogP contribution in [0, 0.1) is 0 Å². The van der Waals surface area contributed by atoms with Crippen LogP contribution in [0.3, 0.4) is 0 Å². The van der Waals surface area contributed by atoms with E-state index in [2.05, 4.69) is 48.2 Å². The Balaban J connectivity index is 2.80. The van der Waals surface area contributed by atoms with Gasteiger partial charge in [-0.25, -0.2) is 0 Å². The Labute approximate surface area is 89.0 Å². The lowest BCUT2D eigenvalue weighted by Gasteiger charge is -2.03. The van der Waals surface area contributed by atoms with Gasteiger partial charge in [-0.05, 0) is 28.3 Å². The quantitative estimate of drug-likeness (QED) is 0.385. The van der Waals surface area contributed by atoms with Crippen molar-refractivity contribution in [3.8, 4) is 0 Å². The highest BCUT2D eigenvalue weighted by atomic mass is 127. The van der Waals surface area contributed by atoms with Gasteiger partial charge in [0.15, 0.2) is 0 Å². The Morgan fingerprint density at radius 2 is 1.73 bits per heavy atom. The van der Waals surface area contributed by atoms with Gasteiger partial charge in [0.25, 0.3) is 0 Å². The predicted molar refractivity (Wildman–Crippen MR) is 64.9 cm³/mol. The molecule has 0 fully saturated rings. The van der Waals surface area contributed by atoms with Crippen molar-refractivity contribution >= 4 is 34.4 Å². The summed E-state index contributed by atoms with van der Waals surface area (Å²) in [5.74, 6) is 1.36. The molecule has 2 heteroatoms. The van der Waals surface area contributed by atoms with Crippen LogP contribution in [0.4, 0.5) is 0 Å². The summed E-state index contributed by atoms with van der Waals surface area (Å²) in [6.07, 6.45) is 5.69. The van der Waals surface area contributed by atoms with Crippen LogP contribution in [0.15, 0.2) is 0 Å². The Kier molecular flexibility index (Phi) is 10.1. The number of hydrogen-bond acceptors (Lipinski definition) is 1. The standard InChI is InChI=1S/C9H19IS/c1-9(2)11-8-6-4-3-5-7-10/h9H,3-8H2,1-2H3. The molecule has 0 aromatic rings. The van der Waals surface area contributed by atoms with Gasteiger partial charge in [-0.1, -0.05) is 49.3 Å². The maximum absolute atomic E-state index is 2.45. The zero-order chi connectivity index (χ0) is 8.53. The van der Waals surface area contributed by atoms with Gasteiger partial charge in [-0.3, -0.25) is 0 Å². The van der Waals surface area contributed by atoms with E-state index in [4.69, 9.17) is 0 Å². The van der Waals surface area contributed by atoms with Crippen LogP contribution in [-0.2, 0) is 0 Å². The zero-order valence-corrected chi connectivity index (χ0v) is 10.6. The van der Waals surface area contributed by atoms with Crippen molar-refractivity contribution < 1.29 is 0 Å². The average molecular weight is 286 g/mol. The van der Waals surface area contributed by atoms with E-state index in [1.807, 2.05) is 0 Å². The fourth-order valence-corrected chi connectivity index (χ4v) is 2.25. The van der Waals surface area contributed by atoms with Crippen molar-refractivity contribution in [3.63, 3.8) is 0 Å². The van der Waals surface area contributed by atoms with Crippen molar-refractivity contribution in [2.24, 2.45) is 0 Å². The van der Waals surface area contributed by atoms with Gasteiger partial charge in [0.05, 0.1) is 0 Å². The molecule has 0 amide bonds. The fourth-order valence-electron chi connectivity index (χ4n) is 0.869. The molecule has 0 rings (SSSR count). The maximum atomic E-state index is 2.45. The first kappa shape index (κ1) is 12.1. The van der Waals surface area contributed by atoms with Gasteiger partial charge in [0.2, 0.25) is 0 Å². The highest BCUT2D eigenvalue weighted by Gasteiger charge is 1.93. The molecule has 0 saturated carbocycles. The first-order chi connectivity index (χ1) is 5.27. The highest BCUT2D eigenvalue weighted by molar-refractivity contribution is 14.1. The lowest BCUT2D eigenvalue weighted by molar-refractivity contribution is 0.714. The molecule has 0 aliphatic carbocycles. The third-order valence-corrected chi connectivity index (χ3v) is 3.43. The van der Waals surface area contributed by atoms with Crippen LogP contribution < -0.4 is 0 Å². The molecule has 68 valence electrons. The molecule has 0 aliphatic heterocycles. The molecule has 0 heterocycles. The molecule has 0 atom stereocenters. The molecule has 0 N–H and O–H groups in total. The molecule has 0 aliphatic rings. The third-order valence-electron chi connectivity index (χ3n) is 1.48. The minimum absolute atomic E-state index is 0.819. The second-order valence-electron chi connectivity index (χ2n) is 3.02. The number of thioether (sulfide) groups is 1. The number of unbranched alkanes of at least 4 members (excludes halogenated alkanes) is 3. The van der Waals surface area contributed by atoms with E-state index >= 15 is 0 Å². The largest absolute Gasteiger partial charge is 0.159 e. The van der Waals surface area contributed by atoms with E-state index in [1.54, 1.807) is 0 Å². The first-order valence-electron chi connectivity index (χ1n) is 4.45. The highest BCUT2D eigenvalue weighted by Crippen LogP contribution is 2.12. The molecule has 0 spiro atoms. The summed E-state index contributed by atoms with van der Waals surface area (Å²) < 4.78 is 1.33. The predicted octanol–water partition coefficient (Wildman–Crippen LogP) is 4.12. The Morgan fingerprint density at radius 1 is 1.09 bits per heavy atom. The van der Waals surface area contributed by atoms with Gasteiger partial charge < -0.3 is 0 Å². The molecular weight excluding hydrogens is 267 g/mol. The minimum Gasteiger partial charge on any atom is -0.159 e. The van der Waals surface area contributed by atoms with E-state index < -0.39 is 0 Å². The van der Waals surface area contributed by atoms with Crippen LogP contribution in [0.5, 0.6) is 0 Å². The number of alkyl halides is 1. The van der Waals surface area contributed by atoms with Crippen molar-refractivity contribution in [1.29, 1.82) is 0 Å². The van der Waals surface area contributed by atoms with Crippen LogP contribution in [0.25, 0.3) is 0 Å². The molecule has 0 radical (unpaired) electrons. The summed E-state index contributed by atoms with van der Waals surface area (Å²) in [4.78, 5) is 0. The summed E-state index contributed by atoms with van der Waals surface area (Å²) in [6, 6.07) is 0. The third kappa shape index (κ3) is 11.1. The second-order valence-corrected chi connectivity index (χ2v) is 5.79. The SMILES string of the molecule is CC(C)SCCCCCCI. The Hall–Kier alpha value is 1.08. The summed E-state index contributed by atoms with van der Waals surface area (Å²) >= 11 is 4.54. The lowest BCUT2D eigenvalue weighted by Crippen LogP contribution is -1.89. The van der Waals surface area contributed by atoms with Crippen molar-refractivity contribution in [1.82, 2.24) is 0 Å². The molecule has 0 saturated heterocycles. The number of rotatable bonds is 7. The van der Waals surface area contributed by atoms with E-state index in [0.29, 0.717) is 0 Å². The average Bonchev–Trinajstić information content (AvgIpc) is 1.96. The topological polar surface area (TPSA) is 0 Å². The zero-order valence-electron chi connectivity index (χ0n) is 7.61. The number of halogens is 1. The molecule has 0 aromatic heterocycles. The minimum atomic E-state index is 0.819.